The predicted octanol–water partition coefficient (Wildman–Crippen LogP) is 1.76. The van der Waals surface area contributed by atoms with E-state index >= 15 is 0 Å². The molecule has 0 aromatic carbocycles. The van der Waals surface area contributed by atoms with Gasteiger partial charge in [0, 0.05) is 3.92 Å². The van der Waals surface area contributed by atoms with Gasteiger partial charge in [-0.2, -0.15) is 0 Å². The molecular formula is C7H11IO2. The molecule has 0 heterocycles. The molecule has 0 amide bonds. The Balaban J connectivity index is 2.46. The largest absolute Gasteiger partial charge is 0.469 e. The summed E-state index contributed by atoms with van der Waals surface area (Å²) in [6.45, 7) is 0. The number of halogens is 1. The van der Waals surface area contributed by atoms with Crippen molar-refractivity contribution in [1.82, 2.24) is 0 Å². The zero-order chi connectivity index (χ0) is 7.56. The van der Waals surface area contributed by atoms with Crippen molar-refractivity contribution in [3.05, 3.63) is 0 Å². The van der Waals surface area contributed by atoms with Crippen molar-refractivity contribution in [2.75, 3.05) is 7.11 Å². The molecule has 0 N–H and O–H groups in total. The van der Waals surface area contributed by atoms with E-state index < -0.39 is 0 Å². The van der Waals surface area contributed by atoms with E-state index in [1.807, 2.05) is 0 Å². The summed E-state index contributed by atoms with van der Waals surface area (Å²) in [5.41, 5.74) is 0. The van der Waals surface area contributed by atoms with E-state index in [-0.39, 0.29) is 11.9 Å². The van der Waals surface area contributed by atoms with Gasteiger partial charge in [-0.1, -0.05) is 29.0 Å². The van der Waals surface area contributed by atoms with Gasteiger partial charge in [0.1, 0.15) is 0 Å². The summed E-state index contributed by atoms with van der Waals surface area (Å²) in [4.78, 5) is 11.0. The van der Waals surface area contributed by atoms with Crippen molar-refractivity contribution in [3.8, 4) is 0 Å². The van der Waals surface area contributed by atoms with Crippen LogP contribution in [0, 0.1) is 5.92 Å². The first kappa shape index (κ1) is 8.30. The third-order valence-corrected chi connectivity index (χ3v) is 3.43. The molecule has 1 rings (SSSR count). The van der Waals surface area contributed by atoms with Crippen molar-refractivity contribution in [3.63, 3.8) is 0 Å². The Morgan fingerprint density at radius 1 is 1.60 bits per heavy atom. The molecule has 2 atom stereocenters. The van der Waals surface area contributed by atoms with Crippen LogP contribution in [0.4, 0.5) is 0 Å². The first-order valence-corrected chi connectivity index (χ1v) is 4.72. The van der Waals surface area contributed by atoms with Crippen LogP contribution in [-0.2, 0) is 9.53 Å². The Labute approximate surface area is 74.5 Å². The molecule has 0 unspecified atom stereocenters. The maximum absolute atomic E-state index is 11.0. The fourth-order valence-electron chi connectivity index (χ4n) is 1.33. The highest BCUT2D eigenvalue weighted by Gasteiger charge is 2.31. The predicted molar refractivity (Wildman–Crippen MR) is 47.2 cm³/mol. The molecule has 0 bridgehead atoms. The number of hydrogen-bond acceptors (Lipinski definition) is 2. The number of carbonyl (C=O) groups is 1. The second-order valence-corrected chi connectivity index (χ2v) is 4.18. The van der Waals surface area contributed by atoms with Gasteiger partial charge in [0.2, 0.25) is 0 Å². The molecule has 0 aromatic rings. The Bertz CT molecular complexity index is 136. The lowest BCUT2D eigenvalue weighted by molar-refractivity contribution is -0.144. The number of ether oxygens (including phenoxy) is 1. The Morgan fingerprint density at radius 2 is 2.30 bits per heavy atom. The minimum atomic E-state index is -0.0306. The van der Waals surface area contributed by atoms with E-state index in [1.165, 1.54) is 20.0 Å². The highest BCUT2D eigenvalue weighted by atomic mass is 127. The van der Waals surface area contributed by atoms with E-state index in [1.54, 1.807) is 0 Å². The maximum atomic E-state index is 11.0. The van der Waals surface area contributed by atoms with Gasteiger partial charge >= 0.3 is 5.97 Å². The summed E-state index contributed by atoms with van der Waals surface area (Å²) in [6.07, 6.45) is 3.36. The van der Waals surface area contributed by atoms with Crippen LogP contribution < -0.4 is 0 Å². The third-order valence-electron chi connectivity index (χ3n) is 1.94. The molecule has 1 aliphatic rings. The van der Waals surface area contributed by atoms with Crippen LogP contribution in [0.5, 0.6) is 0 Å². The van der Waals surface area contributed by atoms with Gasteiger partial charge in [-0.25, -0.2) is 0 Å². The highest BCUT2D eigenvalue weighted by Crippen LogP contribution is 2.32. The molecule has 3 heteroatoms. The van der Waals surface area contributed by atoms with E-state index in [2.05, 4.69) is 27.3 Å². The fourth-order valence-corrected chi connectivity index (χ4v) is 2.43. The number of methoxy groups -OCH3 is 1. The van der Waals surface area contributed by atoms with Gasteiger partial charge in [-0.15, -0.1) is 0 Å². The molecule has 1 aliphatic carbocycles. The van der Waals surface area contributed by atoms with Crippen molar-refractivity contribution in [2.24, 2.45) is 5.92 Å². The average molecular weight is 254 g/mol. The molecule has 0 aromatic heterocycles. The molecule has 10 heavy (non-hydrogen) atoms. The molecule has 0 aliphatic heterocycles. The monoisotopic (exact) mass is 254 g/mol. The summed E-state index contributed by atoms with van der Waals surface area (Å²) in [5.74, 6) is 0.141. The second kappa shape index (κ2) is 3.55. The van der Waals surface area contributed by atoms with Crippen LogP contribution >= 0.6 is 22.6 Å². The van der Waals surface area contributed by atoms with Gasteiger partial charge in [0.05, 0.1) is 13.0 Å². The first-order chi connectivity index (χ1) is 4.75. The minimum Gasteiger partial charge on any atom is -0.469 e. The number of rotatable bonds is 1. The number of carbonyl (C=O) groups excluding carboxylic acids is 1. The van der Waals surface area contributed by atoms with Crippen molar-refractivity contribution >= 4 is 28.6 Å². The standard InChI is InChI=1S/C7H11IO2/c1-10-7(9)5-3-2-4-6(5)8/h5-6H,2-4H2,1H3/t5-,6-/m0/s1. The normalized spacial score (nSPS) is 32.2. The van der Waals surface area contributed by atoms with Gasteiger partial charge in [-0.05, 0) is 12.8 Å². The summed E-state index contributed by atoms with van der Waals surface area (Å²) in [5, 5.41) is 0. The first-order valence-electron chi connectivity index (χ1n) is 3.47. The Morgan fingerprint density at radius 3 is 2.70 bits per heavy atom. The average Bonchev–Trinajstić information content (AvgIpc) is 2.34. The SMILES string of the molecule is COC(=O)[C@H]1CCC[C@@H]1I. The van der Waals surface area contributed by atoms with Gasteiger partial charge < -0.3 is 4.74 Å². The zero-order valence-corrected chi connectivity index (χ0v) is 8.13. The van der Waals surface area contributed by atoms with Gasteiger partial charge in [0.25, 0.3) is 0 Å². The van der Waals surface area contributed by atoms with Crippen molar-refractivity contribution in [1.29, 1.82) is 0 Å². The van der Waals surface area contributed by atoms with Crippen LogP contribution in [0.1, 0.15) is 19.3 Å². The molecule has 58 valence electrons. The lowest BCUT2D eigenvalue weighted by Gasteiger charge is -2.09. The van der Waals surface area contributed by atoms with Crippen LogP contribution in [0.15, 0.2) is 0 Å². The number of esters is 1. The molecule has 2 nitrogen and oxygen atoms in total. The van der Waals surface area contributed by atoms with Crippen LogP contribution in [0.2, 0.25) is 0 Å². The fraction of sp³-hybridized carbons (Fsp3) is 0.857. The number of alkyl halides is 1. The van der Waals surface area contributed by atoms with Crippen LogP contribution in [0.3, 0.4) is 0 Å². The molecule has 0 saturated heterocycles. The maximum Gasteiger partial charge on any atom is 0.309 e. The topological polar surface area (TPSA) is 26.3 Å². The molecule has 1 saturated carbocycles. The third kappa shape index (κ3) is 1.62. The summed E-state index contributed by atoms with van der Waals surface area (Å²) < 4.78 is 5.17. The lowest BCUT2D eigenvalue weighted by atomic mass is 10.1. The number of hydrogen-bond donors (Lipinski definition) is 0. The molecular weight excluding hydrogens is 243 g/mol. The zero-order valence-electron chi connectivity index (χ0n) is 5.97. The van der Waals surface area contributed by atoms with Crippen LogP contribution in [-0.4, -0.2) is 17.0 Å². The second-order valence-electron chi connectivity index (χ2n) is 2.58. The van der Waals surface area contributed by atoms with E-state index in [0.29, 0.717) is 3.92 Å². The molecule has 0 radical (unpaired) electrons. The minimum absolute atomic E-state index is 0.0306. The van der Waals surface area contributed by atoms with Gasteiger partial charge in [0.15, 0.2) is 0 Å². The summed E-state index contributed by atoms with van der Waals surface area (Å²) in [7, 11) is 1.46. The Kier molecular flexibility index (Phi) is 2.95. The highest BCUT2D eigenvalue weighted by molar-refractivity contribution is 14.1. The van der Waals surface area contributed by atoms with E-state index in [0.717, 1.165) is 6.42 Å². The Hall–Kier alpha value is 0.200. The smallest absolute Gasteiger partial charge is 0.309 e. The molecule has 0 spiro atoms. The quantitative estimate of drug-likeness (QED) is 0.405. The van der Waals surface area contributed by atoms with Crippen molar-refractivity contribution in [2.45, 2.75) is 23.2 Å². The van der Waals surface area contributed by atoms with E-state index in [9.17, 15) is 4.79 Å². The summed E-state index contributed by atoms with van der Waals surface area (Å²) in [6, 6.07) is 0. The summed E-state index contributed by atoms with van der Waals surface area (Å²) >= 11 is 2.33. The molecule has 1 fully saturated rings. The van der Waals surface area contributed by atoms with E-state index in [4.69, 9.17) is 0 Å². The van der Waals surface area contributed by atoms with Crippen LogP contribution in [0.25, 0.3) is 0 Å². The van der Waals surface area contributed by atoms with Gasteiger partial charge in [-0.3, -0.25) is 4.79 Å². The lowest BCUT2D eigenvalue weighted by Crippen LogP contribution is -2.19. The van der Waals surface area contributed by atoms with Crippen molar-refractivity contribution < 1.29 is 9.53 Å².